The van der Waals surface area contributed by atoms with E-state index in [0.29, 0.717) is 16.9 Å². The average Bonchev–Trinajstić information content (AvgIpc) is 2.54. The maximum atomic E-state index is 12.1. The lowest BCUT2D eigenvalue weighted by Crippen LogP contribution is -2.12. The van der Waals surface area contributed by atoms with Gasteiger partial charge in [0.2, 0.25) is 0 Å². The van der Waals surface area contributed by atoms with Gasteiger partial charge in [-0.3, -0.25) is 4.79 Å². The number of hydrogen-bond donors (Lipinski definition) is 0. The number of aryl methyl sites for hydroxylation is 1. The Balaban J connectivity index is 2.00. The van der Waals surface area contributed by atoms with E-state index in [4.69, 9.17) is 10.00 Å². The van der Waals surface area contributed by atoms with Crippen molar-refractivity contribution in [1.82, 2.24) is 0 Å². The number of benzene rings is 2. The van der Waals surface area contributed by atoms with Crippen molar-refractivity contribution in [3.8, 4) is 11.8 Å². The normalized spacial score (nSPS) is 9.90. The number of rotatable bonds is 6. The molecule has 0 amide bonds. The van der Waals surface area contributed by atoms with E-state index < -0.39 is 0 Å². The Morgan fingerprint density at radius 3 is 2.52 bits per heavy atom. The van der Waals surface area contributed by atoms with Gasteiger partial charge in [-0.15, -0.1) is 0 Å². The number of carbonyl (C=O) groups is 1. The predicted molar refractivity (Wildman–Crippen MR) is 81.4 cm³/mol. The molecule has 2 rings (SSSR count). The molecule has 0 N–H and O–H groups in total. The summed E-state index contributed by atoms with van der Waals surface area (Å²) >= 11 is 0. The van der Waals surface area contributed by atoms with Crippen LogP contribution in [-0.2, 0) is 6.42 Å². The molecular weight excluding hydrogens is 262 g/mol. The van der Waals surface area contributed by atoms with Crippen LogP contribution in [0.1, 0.15) is 34.8 Å². The van der Waals surface area contributed by atoms with Gasteiger partial charge in [-0.05, 0) is 24.1 Å². The van der Waals surface area contributed by atoms with Crippen molar-refractivity contribution in [2.75, 3.05) is 6.61 Å². The van der Waals surface area contributed by atoms with E-state index in [-0.39, 0.29) is 12.4 Å². The number of carbonyl (C=O) groups excluding carboxylic acids is 1. The number of Topliss-reactive ketones (excluding diaryl/α,β-unsaturated/α-hetero) is 1. The number of nitriles is 1. The second kappa shape index (κ2) is 7.25. The molecule has 106 valence electrons. The van der Waals surface area contributed by atoms with E-state index in [9.17, 15) is 4.79 Å². The molecule has 2 aromatic rings. The van der Waals surface area contributed by atoms with Gasteiger partial charge in [-0.25, -0.2) is 0 Å². The van der Waals surface area contributed by atoms with Crippen LogP contribution >= 0.6 is 0 Å². The van der Waals surface area contributed by atoms with Crippen LogP contribution in [0.15, 0.2) is 48.5 Å². The Hall–Kier alpha value is -2.60. The summed E-state index contributed by atoms with van der Waals surface area (Å²) < 4.78 is 5.45. The number of hydrogen-bond acceptors (Lipinski definition) is 3. The van der Waals surface area contributed by atoms with E-state index in [1.165, 1.54) is 5.56 Å². The second-order valence-electron chi connectivity index (χ2n) is 4.77. The third kappa shape index (κ3) is 3.93. The summed E-state index contributed by atoms with van der Waals surface area (Å²) in [5, 5.41) is 8.97. The molecule has 0 aromatic heterocycles. The summed E-state index contributed by atoms with van der Waals surface area (Å²) in [7, 11) is 0. The van der Waals surface area contributed by atoms with Crippen molar-refractivity contribution in [3.05, 3.63) is 65.2 Å². The Kier molecular flexibility index (Phi) is 5.11. The van der Waals surface area contributed by atoms with Crippen LogP contribution in [0.4, 0.5) is 0 Å². The number of ether oxygens (including phenoxy) is 1. The third-order valence-electron chi connectivity index (χ3n) is 3.18. The van der Waals surface area contributed by atoms with Crippen LogP contribution in [0.5, 0.6) is 5.75 Å². The molecule has 0 atom stereocenters. The quantitative estimate of drug-likeness (QED) is 0.756. The highest BCUT2D eigenvalue weighted by molar-refractivity contribution is 5.97. The molecule has 0 saturated carbocycles. The van der Waals surface area contributed by atoms with Crippen LogP contribution < -0.4 is 4.74 Å². The summed E-state index contributed by atoms with van der Waals surface area (Å²) in [6.45, 7) is 2.06. The van der Waals surface area contributed by atoms with E-state index in [0.717, 1.165) is 12.8 Å². The van der Waals surface area contributed by atoms with Crippen LogP contribution in [0.3, 0.4) is 0 Å². The summed E-state index contributed by atoms with van der Waals surface area (Å²) in [4.78, 5) is 12.1. The van der Waals surface area contributed by atoms with E-state index >= 15 is 0 Å². The van der Waals surface area contributed by atoms with Gasteiger partial charge in [0.15, 0.2) is 12.4 Å². The lowest BCUT2D eigenvalue weighted by Gasteiger charge is -2.07. The molecule has 3 heteroatoms. The number of ketones is 1. The Labute approximate surface area is 124 Å². The molecule has 0 saturated heterocycles. The van der Waals surface area contributed by atoms with E-state index in [1.807, 2.05) is 30.3 Å². The first-order valence-corrected chi connectivity index (χ1v) is 6.98. The van der Waals surface area contributed by atoms with Gasteiger partial charge in [0.05, 0.1) is 5.56 Å². The molecule has 0 aliphatic heterocycles. The van der Waals surface area contributed by atoms with Crippen molar-refractivity contribution in [1.29, 1.82) is 5.26 Å². The van der Waals surface area contributed by atoms with Gasteiger partial charge in [0, 0.05) is 5.56 Å². The zero-order valence-electron chi connectivity index (χ0n) is 12.0. The van der Waals surface area contributed by atoms with Crippen LogP contribution in [0.2, 0.25) is 0 Å². The zero-order valence-corrected chi connectivity index (χ0v) is 12.0. The fourth-order valence-electron chi connectivity index (χ4n) is 2.06. The molecule has 0 bridgehead atoms. The van der Waals surface area contributed by atoms with Gasteiger partial charge in [0.1, 0.15) is 11.8 Å². The largest absolute Gasteiger partial charge is 0.484 e. The van der Waals surface area contributed by atoms with Gasteiger partial charge in [0.25, 0.3) is 0 Å². The molecule has 0 unspecified atom stereocenters. The Morgan fingerprint density at radius 1 is 1.14 bits per heavy atom. The van der Waals surface area contributed by atoms with Gasteiger partial charge in [-0.2, -0.15) is 5.26 Å². The summed E-state index contributed by atoms with van der Waals surface area (Å²) in [6, 6.07) is 16.5. The standard InChI is InChI=1S/C18H17NO2/c1-2-5-14-8-10-15(11-9-14)17(20)13-21-18-7-4-3-6-16(18)12-19/h3-4,6-11H,2,5,13H2,1H3. The monoisotopic (exact) mass is 279 g/mol. The molecule has 0 aliphatic rings. The number of para-hydroxylation sites is 1. The summed E-state index contributed by atoms with van der Waals surface area (Å²) in [5.74, 6) is 0.349. The molecule has 0 heterocycles. The number of nitrogens with zero attached hydrogens (tertiary/aromatic N) is 1. The SMILES string of the molecule is CCCc1ccc(C(=O)COc2ccccc2C#N)cc1. The van der Waals surface area contributed by atoms with E-state index in [2.05, 4.69) is 6.92 Å². The molecule has 21 heavy (non-hydrogen) atoms. The third-order valence-corrected chi connectivity index (χ3v) is 3.18. The predicted octanol–water partition coefficient (Wildman–Crippen LogP) is 3.77. The van der Waals surface area contributed by atoms with Crippen molar-refractivity contribution in [2.24, 2.45) is 0 Å². The van der Waals surface area contributed by atoms with Gasteiger partial charge in [-0.1, -0.05) is 49.7 Å². The molecule has 0 aliphatic carbocycles. The molecule has 0 radical (unpaired) electrons. The second-order valence-corrected chi connectivity index (χ2v) is 4.77. The first-order chi connectivity index (χ1) is 10.2. The fraction of sp³-hybridized carbons (Fsp3) is 0.222. The van der Waals surface area contributed by atoms with Crippen molar-refractivity contribution < 1.29 is 9.53 Å². The highest BCUT2D eigenvalue weighted by Crippen LogP contribution is 2.17. The first-order valence-electron chi connectivity index (χ1n) is 6.98. The summed E-state index contributed by atoms with van der Waals surface area (Å²) in [6.07, 6.45) is 2.10. The topological polar surface area (TPSA) is 50.1 Å². The Morgan fingerprint density at radius 2 is 1.86 bits per heavy atom. The van der Waals surface area contributed by atoms with Crippen molar-refractivity contribution in [2.45, 2.75) is 19.8 Å². The molecule has 3 nitrogen and oxygen atoms in total. The van der Waals surface area contributed by atoms with Crippen LogP contribution in [-0.4, -0.2) is 12.4 Å². The minimum Gasteiger partial charge on any atom is -0.484 e. The minimum atomic E-state index is -0.0919. The van der Waals surface area contributed by atoms with Crippen molar-refractivity contribution in [3.63, 3.8) is 0 Å². The minimum absolute atomic E-state index is 0.0637. The molecule has 0 spiro atoms. The van der Waals surface area contributed by atoms with Crippen LogP contribution in [0.25, 0.3) is 0 Å². The highest BCUT2D eigenvalue weighted by Gasteiger charge is 2.08. The maximum Gasteiger partial charge on any atom is 0.200 e. The average molecular weight is 279 g/mol. The lowest BCUT2D eigenvalue weighted by atomic mass is 10.1. The molecular formula is C18H17NO2. The maximum absolute atomic E-state index is 12.1. The highest BCUT2D eigenvalue weighted by atomic mass is 16.5. The smallest absolute Gasteiger partial charge is 0.200 e. The van der Waals surface area contributed by atoms with Crippen LogP contribution in [0, 0.1) is 11.3 Å². The summed E-state index contributed by atoms with van der Waals surface area (Å²) in [5.41, 5.74) is 2.29. The Bertz CT molecular complexity index is 654. The molecule has 2 aromatic carbocycles. The fourth-order valence-corrected chi connectivity index (χ4v) is 2.06. The van der Waals surface area contributed by atoms with Gasteiger partial charge < -0.3 is 4.74 Å². The van der Waals surface area contributed by atoms with Crippen molar-refractivity contribution >= 4 is 5.78 Å². The zero-order chi connectivity index (χ0) is 15.1. The molecule has 0 fully saturated rings. The van der Waals surface area contributed by atoms with Gasteiger partial charge >= 0.3 is 0 Å². The van der Waals surface area contributed by atoms with E-state index in [1.54, 1.807) is 24.3 Å². The lowest BCUT2D eigenvalue weighted by molar-refractivity contribution is 0.0921. The first kappa shape index (κ1) is 14.8.